The van der Waals surface area contributed by atoms with Gasteiger partial charge in [0.15, 0.2) is 5.96 Å². The lowest BCUT2D eigenvalue weighted by molar-refractivity contribution is 0.0827. The SMILES string of the molecule is CCNC(=NCc1ccc(-n2cccn2)cc1)NCCc1cccc(C(=O)N(C)C)c1.I. The molecule has 2 N–H and O–H groups in total. The van der Waals surface area contributed by atoms with Gasteiger partial charge in [0.2, 0.25) is 0 Å². The molecule has 0 atom stereocenters. The molecule has 2 aromatic carbocycles. The molecule has 0 unspecified atom stereocenters. The first-order valence-electron chi connectivity index (χ1n) is 10.5. The van der Waals surface area contributed by atoms with Crippen LogP contribution in [0, 0.1) is 0 Å². The minimum Gasteiger partial charge on any atom is -0.357 e. The Hall–Kier alpha value is -2.88. The van der Waals surface area contributed by atoms with Crippen LogP contribution in [0.3, 0.4) is 0 Å². The zero-order chi connectivity index (χ0) is 22.1. The number of aliphatic imine (C=N–C) groups is 1. The van der Waals surface area contributed by atoms with Crippen LogP contribution in [-0.4, -0.2) is 53.7 Å². The van der Waals surface area contributed by atoms with Crippen LogP contribution < -0.4 is 10.6 Å². The van der Waals surface area contributed by atoms with Crippen molar-refractivity contribution in [1.82, 2.24) is 25.3 Å². The smallest absolute Gasteiger partial charge is 0.253 e. The third-order valence-electron chi connectivity index (χ3n) is 4.76. The number of halogens is 1. The van der Waals surface area contributed by atoms with Gasteiger partial charge in [-0.15, -0.1) is 24.0 Å². The van der Waals surface area contributed by atoms with Crippen LogP contribution in [0.2, 0.25) is 0 Å². The Labute approximate surface area is 206 Å². The van der Waals surface area contributed by atoms with Crippen molar-refractivity contribution in [1.29, 1.82) is 0 Å². The van der Waals surface area contributed by atoms with Gasteiger partial charge in [-0.05, 0) is 54.8 Å². The third kappa shape index (κ3) is 7.37. The predicted molar refractivity (Wildman–Crippen MR) is 140 cm³/mol. The summed E-state index contributed by atoms with van der Waals surface area (Å²) in [5, 5.41) is 10.9. The van der Waals surface area contributed by atoms with E-state index in [0.717, 1.165) is 42.3 Å². The topological polar surface area (TPSA) is 74.5 Å². The van der Waals surface area contributed by atoms with E-state index in [1.165, 1.54) is 0 Å². The Morgan fingerprint density at radius 2 is 1.84 bits per heavy atom. The molecular weight excluding hydrogens is 515 g/mol. The number of guanidine groups is 1. The van der Waals surface area contributed by atoms with Gasteiger partial charge in [-0.3, -0.25) is 4.79 Å². The Balaban J connectivity index is 0.00000363. The number of amides is 1. The number of carbonyl (C=O) groups is 1. The van der Waals surface area contributed by atoms with Crippen molar-refractivity contribution in [2.75, 3.05) is 27.2 Å². The van der Waals surface area contributed by atoms with Crippen LogP contribution in [0.15, 0.2) is 72.0 Å². The predicted octanol–water partition coefficient (Wildman–Crippen LogP) is 3.49. The number of hydrogen-bond acceptors (Lipinski definition) is 3. The number of nitrogens with one attached hydrogen (secondary N) is 2. The van der Waals surface area contributed by atoms with E-state index in [4.69, 9.17) is 0 Å². The van der Waals surface area contributed by atoms with Gasteiger partial charge in [0.05, 0.1) is 12.2 Å². The molecule has 1 heterocycles. The van der Waals surface area contributed by atoms with Gasteiger partial charge in [-0.25, -0.2) is 9.67 Å². The minimum atomic E-state index is 0. The molecule has 0 saturated heterocycles. The van der Waals surface area contributed by atoms with Crippen molar-refractivity contribution in [3.8, 4) is 5.69 Å². The highest BCUT2D eigenvalue weighted by molar-refractivity contribution is 14.0. The van der Waals surface area contributed by atoms with Crippen molar-refractivity contribution < 1.29 is 4.79 Å². The van der Waals surface area contributed by atoms with Crippen molar-refractivity contribution in [3.05, 3.63) is 83.7 Å². The molecule has 0 bridgehead atoms. The molecule has 3 rings (SSSR count). The summed E-state index contributed by atoms with van der Waals surface area (Å²) in [5.74, 6) is 0.794. The average Bonchev–Trinajstić information content (AvgIpc) is 3.32. The fourth-order valence-electron chi connectivity index (χ4n) is 3.13. The van der Waals surface area contributed by atoms with Gasteiger partial charge in [0.25, 0.3) is 5.91 Å². The summed E-state index contributed by atoms with van der Waals surface area (Å²) in [6, 6.07) is 17.9. The zero-order valence-corrected chi connectivity index (χ0v) is 21.1. The maximum absolute atomic E-state index is 12.1. The zero-order valence-electron chi connectivity index (χ0n) is 18.8. The summed E-state index contributed by atoms with van der Waals surface area (Å²) < 4.78 is 1.83. The number of nitrogens with zero attached hydrogens (tertiary/aromatic N) is 4. The van der Waals surface area contributed by atoms with Crippen LogP contribution in [0.25, 0.3) is 5.69 Å². The van der Waals surface area contributed by atoms with E-state index >= 15 is 0 Å². The number of rotatable bonds is 8. The third-order valence-corrected chi connectivity index (χ3v) is 4.76. The fraction of sp³-hybridized carbons (Fsp3) is 0.292. The standard InChI is InChI=1S/C24H30N6O.HI/c1-4-25-24(26-15-13-19-7-5-8-21(17-19)23(31)29(2)3)27-18-20-9-11-22(12-10-20)30-16-6-14-28-30;/h5-12,14,16-17H,4,13,15,18H2,1-3H3,(H2,25,26,27);1H. The molecule has 0 radical (unpaired) electrons. The van der Waals surface area contributed by atoms with E-state index < -0.39 is 0 Å². The Kier molecular flexibility index (Phi) is 10.2. The van der Waals surface area contributed by atoms with Crippen LogP contribution in [0.4, 0.5) is 0 Å². The lowest BCUT2D eigenvalue weighted by Crippen LogP contribution is -2.38. The lowest BCUT2D eigenvalue weighted by Gasteiger charge is -2.13. The second-order valence-electron chi connectivity index (χ2n) is 7.39. The second-order valence-corrected chi connectivity index (χ2v) is 7.39. The molecule has 0 aliphatic heterocycles. The van der Waals surface area contributed by atoms with Gasteiger partial charge in [-0.2, -0.15) is 5.10 Å². The Bertz CT molecular complexity index is 1000. The van der Waals surface area contributed by atoms with Crippen LogP contribution in [-0.2, 0) is 13.0 Å². The molecule has 7 nitrogen and oxygen atoms in total. The van der Waals surface area contributed by atoms with Crippen molar-refractivity contribution in [3.63, 3.8) is 0 Å². The first kappa shape index (κ1) is 25.4. The Morgan fingerprint density at radius 1 is 1.06 bits per heavy atom. The summed E-state index contributed by atoms with van der Waals surface area (Å²) in [6.45, 7) is 4.15. The van der Waals surface area contributed by atoms with Crippen LogP contribution >= 0.6 is 24.0 Å². The van der Waals surface area contributed by atoms with Gasteiger partial charge < -0.3 is 15.5 Å². The monoisotopic (exact) mass is 546 g/mol. The summed E-state index contributed by atoms with van der Waals surface area (Å²) in [7, 11) is 3.53. The molecule has 0 spiro atoms. The molecule has 0 aliphatic carbocycles. The minimum absolute atomic E-state index is 0. The van der Waals surface area contributed by atoms with Gasteiger partial charge in [-0.1, -0.05) is 24.3 Å². The van der Waals surface area contributed by atoms with E-state index in [1.54, 1.807) is 25.2 Å². The number of carbonyl (C=O) groups excluding carboxylic acids is 1. The van der Waals surface area contributed by atoms with Crippen molar-refractivity contribution >= 4 is 35.8 Å². The first-order chi connectivity index (χ1) is 15.1. The highest BCUT2D eigenvalue weighted by Gasteiger charge is 2.08. The van der Waals surface area contributed by atoms with Crippen LogP contribution in [0.5, 0.6) is 0 Å². The lowest BCUT2D eigenvalue weighted by atomic mass is 10.1. The quantitative estimate of drug-likeness (QED) is 0.258. The van der Waals surface area contributed by atoms with E-state index in [1.807, 2.05) is 60.3 Å². The summed E-state index contributed by atoms with van der Waals surface area (Å²) in [4.78, 5) is 18.4. The molecule has 8 heteroatoms. The first-order valence-corrected chi connectivity index (χ1v) is 10.5. The number of hydrogen-bond donors (Lipinski definition) is 2. The van der Waals surface area contributed by atoms with Crippen LogP contribution in [0.1, 0.15) is 28.4 Å². The van der Waals surface area contributed by atoms with E-state index in [2.05, 4.69) is 32.9 Å². The molecule has 32 heavy (non-hydrogen) atoms. The highest BCUT2D eigenvalue weighted by atomic mass is 127. The number of benzene rings is 2. The van der Waals surface area contributed by atoms with Gasteiger partial charge >= 0.3 is 0 Å². The summed E-state index contributed by atoms with van der Waals surface area (Å²) in [6.07, 6.45) is 4.49. The average molecular weight is 546 g/mol. The van der Waals surface area contributed by atoms with E-state index in [0.29, 0.717) is 12.1 Å². The maximum Gasteiger partial charge on any atom is 0.253 e. The molecular formula is C24H31IN6O. The normalized spacial score (nSPS) is 10.9. The largest absolute Gasteiger partial charge is 0.357 e. The molecule has 0 fully saturated rings. The van der Waals surface area contributed by atoms with Gasteiger partial charge in [0.1, 0.15) is 0 Å². The fourth-order valence-corrected chi connectivity index (χ4v) is 3.13. The molecule has 0 aliphatic rings. The second kappa shape index (κ2) is 12.8. The maximum atomic E-state index is 12.1. The molecule has 3 aromatic rings. The molecule has 0 saturated carbocycles. The molecule has 1 aromatic heterocycles. The summed E-state index contributed by atoms with van der Waals surface area (Å²) in [5.41, 5.74) is 3.98. The molecule has 170 valence electrons. The van der Waals surface area contributed by atoms with E-state index in [9.17, 15) is 4.79 Å². The Morgan fingerprint density at radius 3 is 2.50 bits per heavy atom. The van der Waals surface area contributed by atoms with E-state index in [-0.39, 0.29) is 29.9 Å². The highest BCUT2D eigenvalue weighted by Crippen LogP contribution is 2.10. The number of aromatic nitrogens is 2. The van der Waals surface area contributed by atoms with Crippen molar-refractivity contribution in [2.24, 2.45) is 4.99 Å². The van der Waals surface area contributed by atoms with Crippen molar-refractivity contribution in [2.45, 2.75) is 19.9 Å². The summed E-state index contributed by atoms with van der Waals surface area (Å²) >= 11 is 0. The molecule has 1 amide bonds. The van der Waals surface area contributed by atoms with Gasteiger partial charge in [0, 0.05) is 45.1 Å².